The maximum atomic E-state index is 12.6. The highest BCUT2D eigenvalue weighted by molar-refractivity contribution is 7.92. The van der Waals surface area contributed by atoms with Crippen LogP contribution in [-0.2, 0) is 10.0 Å². The van der Waals surface area contributed by atoms with Crippen LogP contribution >= 0.6 is 0 Å². The first-order chi connectivity index (χ1) is 8.96. The quantitative estimate of drug-likeness (QED) is 0.933. The number of aromatic amines is 1. The Kier molecular flexibility index (Phi) is 3.61. The number of benzene rings is 1. The fraction of sp³-hybridized carbons (Fsp3) is 0.308. The second-order valence-electron chi connectivity index (χ2n) is 4.37. The number of hydrogen-bond acceptors (Lipinski definition) is 3. The molecule has 5 nitrogen and oxygen atoms in total. The van der Waals surface area contributed by atoms with Crippen molar-refractivity contribution in [2.24, 2.45) is 0 Å². The summed E-state index contributed by atoms with van der Waals surface area (Å²) in [6, 6.07) is 7.44. The van der Waals surface area contributed by atoms with Crippen LogP contribution in [0.4, 0.5) is 5.69 Å². The van der Waals surface area contributed by atoms with Crippen molar-refractivity contribution in [1.29, 1.82) is 0 Å². The Morgan fingerprint density at radius 2 is 2.05 bits per heavy atom. The number of aryl methyl sites for hydroxylation is 2. The van der Waals surface area contributed by atoms with Gasteiger partial charge in [0.25, 0.3) is 10.0 Å². The number of sulfonamides is 1. The van der Waals surface area contributed by atoms with Gasteiger partial charge in [0.2, 0.25) is 0 Å². The highest BCUT2D eigenvalue weighted by atomic mass is 32.2. The molecule has 19 heavy (non-hydrogen) atoms. The van der Waals surface area contributed by atoms with Crippen molar-refractivity contribution in [1.82, 2.24) is 10.2 Å². The first kappa shape index (κ1) is 13.6. The average molecular weight is 279 g/mol. The summed E-state index contributed by atoms with van der Waals surface area (Å²) in [6.07, 6.45) is 1.35. The lowest BCUT2D eigenvalue weighted by Crippen LogP contribution is -2.31. The SMILES string of the molecule is CCN(c1cccc(C)c1)S(=O)(=O)c1cn[nH]c1C. The first-order valence-corrected chi connectivity index (χ1v) is 7.50. The molecule has 0 amide bonds. The molecule has 2 rings (SSSR count). The zero-order valence-corrected chi connectivity index (χ0v) is 12.0. The number of aromatic nitrogens is 2. The van der Waals surface area contributed by atoms with Crippen LogP contribution in [-0.4, -0.2) is 25.2 Å². The lowest BCUT2D eigenvalue weighted by Gasteiger charge is -2.22. The van der Waals surface area contributed by atoms with Crippen LogP contribution in [0.25, 0.3) is 0 Å². The lowest BCUT2D eigenvalue weighted by molar-refractivity contribution is 0.591. The van der Waals surface area contributed by atoms with Gasteiger partial charge in [0.15, 0.2) is 0 Å². The monoisotopic (exact) mass is 279 g/mol. The summed E-state index contributed by atoms with van der Waals surface area (Å²) >= 11 is 0. The van der Waals surface area contributed by atoms with Crippen LogP contribution in [0.2, 0.25) is 0 Å². The van der Waals surface area contributed by atoms with Gasteiger partial charge in [0.1, 0.15) is 4.90 Å². The molecule has 0 spiro atoms. The summed E-state index contributed by atoms with van der Waals surface area (Å²) in [5, 5.41) is 6.45. The fourth-order valence-corrected chi connectivity index (χ4v) is 3.58. The average Bonchev–Trinajstić information content (AvgIpc) is 2.77. The molecule has 0 aliphatic heterocycles. The standard InChI is InChI=1S/C13H17N3O2S/c1-4-16(12-7-5-6-10(2)8-12)19(17,18)13-9-14-15-11(13)3/h5-9H,4H2,1-3H3,(H,14,15). The first-order valence-electron chi connectivity index (χ1n) is 6.06. The Morgan fingerprint density at radius 1 is 1.32 bits per heavy atom. The summed E-state index contributed by atoms with van der Waals surface area (Å²) in [5.41, 5.74) is 2.24. The van der Waals surface area contributed by atoms with Crippen LogP contribution in [0.3, 0.4) is 0 Å². The Balaban J connectivity index is 2.51. The number of nitrogens with one attached hydrogen (secondary N) is 1. The predicted octanol–water partition coefficient (Wildman–Crippen LogP) is 2.24. The zero-order chi connectivity index (χ0) is 14.0. The van der Waals surface area contributed by atoms with E-state index in [1.165, 1.54) is 10.5 Å². The van der Waals surface area contributed by atoms with Crippen molar-refractivity contribution >= 4 is 15.7 Å². The predicted molar refractivity (Wildman–Crippen MR) is 74.7 cm³/mol. The van der Waals surface area contributed by atoms with Gasteiger partial charge in [0, 0.05) is 6.54 Å². The maximum absolute atomic E-state index is 12.6. The Morgan fingerprint density at radius 3 is 2.58 bits per heavy atom. The minimum absolute atomic E-state index is 0.218. The van der Waals surface area contributed by atoms with Gasteiger partial charge in [-0.05, 0) is 38.5 Å². The van der Waals surface area contributed by atoms with Crippen molar-refractivity contribution in [3.63, 3.8) is 0 Å². The maximum Gasteiger partial charge on any atom is 0.267 e. The molecule has 6 heteroatoms. The third kappa shape index (κ3) is 2.49. The fourth-order valence-electron chi connectivity index (χ4n) is 1.99. The third-order valence-corrected chi connectivity index (χ3v) is 4.95. The Bertz CT molecular complexity index is 677. The largest absolute Gasteiger partial charge is 0.281 e. The summed E-state index contributed by atoms with van der Waals surface area (Å²) in [4.78, 5) is 0.218. The number of H-pyrrole nitrogens is 1. The van der Waals surface area contributed by atoms with E-state index >= 15 is 0 Å². The van der Waals surface area contributed by atoms with Crippen LogP contribution < -0.4 is 4.31 Å². The van der Waals surface area contributed by atoms with Gasteiger partial charge in [-0.2, -0.15) is 5.10 Å². The molecular formula is C13H17N3O2S. The molecule has 2 aromatic rings. The van der Waals surface area contributed by atoms with Crippen molar-refractivity contribution in [2.75, 3.05) is 10.8 Å². The molecule has 1 N–H and O–H groups in total. The third-order valence-electron chi connectivity index (χ3n) is 2.93. The molecule has 102 valence electrons. The van der Waals surface area contributed by atoms with Crippen LogP contribution in [0.5, 0.6) is 0 Å². The van der Waals surface area contributed by atoms with Gasteiger partial charge in [-0.3, -0.25) is 9.40 Å². The molecule has 0 fully saturated rings. The smallest absolute Gasteiger partial charge is 0.267 e. The minimum atomic E-state index is -3.57. The molecular weight excluding hydrogens is 262 g/mol. The van der Waals surface area contributed by atoms with E-state index in [2.05, 4.69) is 10.2 Å². The zero-order valence-electron chi connectivity index (χ0n) is 11.2. The molecule has 0 unspecified atom stereocenters. The molecule has 0 aliphatic rings. The molecule has 1 aromatic carbocycles. The van der Waals surface area contributed by atoms with E-state index in [0.29, 0.717) is 17.9 Å². The van der Waals surface area contributed by atoms with E-state index in [4.69, 9.17) is 0 Å². The van der Waals surface area contributed by atoms with E-state index in [1.807, 2.05) is 32.0 Å². The van der Waals surface area contributed by atoms with Crippen molar-refractivity contribution < 1.29 is 8.42 Å². The molecule has 0 aliphatic carbocycles. The number of nitrogens with zero attached hydrogens (tertiary/aromatic N) is 2. The Labute approximate surface area is 113 Å². The molecule has 1 heterocycles. The molecule has 0 saturated carbocycles. The van der Waals surface area contributed by atoms with Crippen LogP contribution in [0, 0.1) is 13.8 Å². The minimum Gasteiger partial charge on any atom is -0.281 e. The van der Waals surface area contributed by atoms with Crippen molar-refractivity contribution in [3.05, 3.63) is 41.7 Å². The highest BCUT2D eigenvalue weighted by Gasteiger charge is 2.26. The molecule has 0 bridgehead atoms. The van der Waals surface area contributed by atoms with Gasteiger partial charge in [0.05, 0.1) is 17.6 Å². The number of hydrogen-bond donors (Lipinski definition) is 1. The van der Waals surface area contributed by atoms with Gasteiger partial charge < -0.3 is 0 Å². The number of rotatable bonds is 4. The highest BCUT2D eigenvalue weighted by Crippen LogP contribution is 2.25. The van der Waals surface area contributed by atoms with Gasteiger partial charge in [-0.15, -0.1) is 0 Å². The molecule has 1 aromatic heterocycles. The van der Waals surface area contributed by atoms with Crippen LogP contribution in [0.1, 0.15) is 18.2 Å². The van der Waals surface area contributed by atoms with Crippen molar-refractivity contribution in [2.45, 2.75) is 25.7 Å². The van der Waals surface area contributed by atoms with Crippen molar-refractivity contribution in [3.8, 4) is 0 Å². The lowest BCUT2D eigenvalue weighted by atomic mass is 10.2. The van der Waals surface area contributed by atoms with Gasteiger partial charge >= 0.3 is 0 Å². The molecule has 0 saturated heterocycles. The summed E-state index contributed by atoms with van der Waals surface area (Å²) in [5.74, 6) is 0. The second kappa shape index (κ2) is 5.05. The van der Waals surface area contributed by atoms with Crippen LogP contribution in [0.15, 0.2) is 35.4 Å². The summed E-state index contributed by atoms with van der Waals surface area (Å²) in [6.45, 7) is 5.82. The van der Waals surface area contributed by atoms with E-state index in [1.54, 1.807) is 13.0 Å². The second-order valence-corrected chi connectivity index (χ2v) is 6.20. The Hall–Kier alpha value is -1.82. The van der Waals surface area contributed by atoms with Gasteiger partial charge in [-0.1, -0.05) is 12.1 Å². The normalized spacial score (nSPS) is 11.5. The van der Waals surface area contributed by atoms with E-state index < -0.39 is 10.0 Å². The summed E-state index contributed by atoms with van der Waals surface area (Å²) < 4.78 is 26.6. The number of anilines is 1. The molecule has 0 radical (unpaired) electrons. The van der Waals surface area contributed by atoms with Gasteiger partial charge in [-0.25, -0.2) is 8.42 Å². The summed E-state index contributed by atoms with van der Waals surface area (Å²) in [7, 11) is -3.57. The van der Waals surface area contributed by atoms with E-state index in [0.717, 1.165) is 5.56 Å². The van der Waals surface area contributed by atoms with E-state index in [-0.39, 0.29) is 4.90 Å². The van der Waals surface area contributed by atoms with E-state index in [9.17, 15) is 8.42 Å². The molecule has 0 atom stereocenters. The topological polar surface area (TPSA) is 66.1 Å².